The lowest BCUT2D eigenvalue weighted by Gasteiger charge is -2.43. The largest absolute Gasteiger partial charge is 0.322 e. The molecular formula is C16H25FN2. The van der Waals surface area contributed by atoms with Crippen LogP contribution in [0.3, 0.4) is 0 Å². The van der Waals surface area contributed by atoms with E-state index in [9.17, 15) is 4.39 Å². The zero-order valence-corrected chi connectivity index (χ0v) is 12.2. The second-order valence-corrected chi connectivity index (χ2v) is 5.89. The van der Waals surface area contributed by atoms with Crippen molar-refractivity contribution in [3.8, 4) is 0 Å². The van der Waals surface area contributed by atoms with Crippen molar-refractivity contribution in [2.45, 2.75) is 51.6 Å². The highest BCUT2D eigenvalue weighted by Crippen LogP contribution is 2.35. The van der Waals surface area contributed by atoms with Gasteiger partial charge in [-0.3, -0.25) is 4.90 Å². The maximum atomic E-state index is 13.4. The second-order valence-electron chi connectivity index (χ2n) is 5.89. The third kappa shape index (κ3) is 2.67. The van der Waals surface area contributed by atoms with E-state index in [2.05, 4.69) is 18.7 Å². The molecule has 0 radical (unpaired) electrons. The van der Waals surface area contributed by atoms with Gasteiger partial charge >= 0.3 is 0 Å². The van der Waals surface area contributed by atoms with E-state index in [-0.39, 0.29) is 17.4 Å². The predicted molar refractivity (Wildman–Crippen MR) is 77.6 cm³/mol. The normalized spacial score (nSPS) is 21.3. The van der Waals surface area contributed by atoms with Gasteiger partial charge in [-0.2, -0.15) is 0 Å². The molecule has 19 heavy (non-hydrogen) atoms. The van der Waals surface area contributed by atoms with Gasteiger partial charge in [-0.05, 0) is 63.4 Å². The Bertz CT molecular complexity index is 440. The third-order valence-electron chi connectivity index (χ3n) is 4.76. The van der Waals surface area contributed by atoms with Crippen LogP contribution in [0.15, 0.2) is 18.2 Å². The van der Waals surface area contributed by atoms with Crippen molar-refractivity contribution in [2.75, 3.05) is 13.1 Å². The first-order valence-corrected chi connectivity index (χ1v) is 7.25. The summed E-state index contributed by atoms with van der Waals surface area (Å²) in [6.45, 7) is 8.47. The summed E-state index contributed by atoms with van der Waals surface area (Å²) < 4.78 is 13.4. The van der Waals surface area contributed by atoms with E-state index in [0.717, 1.165) is 25.1 Å². The van der Waals surface area contributed by atoms with Crippen LogP contribution in [0.5, 0.6) is 0 Å². The number of hydrogen-bond acceptors (Lipinski definition) is 2. The number of rotatable bonds is 4. The van der Waals surface area contributed by atoms with Crippen LogP contribution in [0.4, 0.5) is 4.39 Å². The van der Waals surface area contributed by atoms with Crippen molar-refractivity contribution >= 4 is 0 Å². The Morgan fingerprint density at radius 2 is 2.00 bits per heavy atom. The average Bonchev–Trinajstić information content (AvgIpc) is 2.94. The number of likely N-dealkylation sites (tertiary alicyclic amines) is 1. The van der Waals surface area contributed by atoms with Gasteiger partial charge in [-0.15, -0.1) is 0 Å². The molecule has 1 fully saturated rings. The molecule has 0 amide bonds. The Kier molecular flexibility index (Phi) is 4.26. The van der Waals surface area contributed by atoms with Gasteiger partial charge in [0.1, 0.15) is 5.82 Å². The van der Waals surface area contributed by atoms with Gasteiger partial charge in [0.25, 0.3) is 0 Å². The fraction of sp³-hybridized carbons (Fsp3) is 0.625. The quantitative estimate of drug-likeness (QED) is 0.903. The predicted octanol–water partition coefficient (Wildman–Crippen LogP) is 3.40. The summed E-state index contributed by atoms with van der Waals surface area (Å²) in [7, 11) is 0. The molecule has 0 spiro atoms. The smallest absolute Gasteiger partial charge is 0.126 e. The van der Waals surface area contributed by atoms with Crippen LogP contribution in [0.1, 0.15) is 50.3 Å². The van der Waals surface area contributed by atoms with Gasteiger partial charge in [0.2, 0.25) is 0 Å². The summed E-state index contributed by atoms with van der Waals surface area (Å²) in [6.07, 6.45) is 3.51. The van der Waals surface area contributed by atoms with Gasteiger partial charge in [0.05, 0.1) is 0 Å². The van der Waals surface area contributed by atoms with E-state index in [1.165, 1.54) is 18.9 Å². The van der Waals surface area contributed by atoms with Crippen LogP contribution < -0.4 is 5.73 Å². The molecule has 106 valence electrons. The van der Waals surface area contributed by atoms with Crippen LogP contribution in [-0.2, 0) is 0 Å². The zero-order chi connectivity index (χ0) is 14.0. The molecule has 2 N–H and O–H groups in total. The lowest BCUT2D eigenvalue weighted by Crippen LogP contribution is -2.51. The molecule has 1 aromatic rings. The van der Waals surface area contributed by atoms with Crippen LogP contribution in [0.25, 0.3) is 0 Å². The summed E-state index contributed by atoms with van der Waals surface area (Å²) in [4.78, 5) is 2.50. The number of aryl methyl sites for hydroxylation is 1. The molecule has 2 rings (SSSR count). The molecule has 2 atom stereocenters. The fourth-order valence-corrected chi connectivity index (χ4v) is 3.09. The molecule has 1 saturated heterocycles. The Labute approximate surface area is 115 Å². The number of halogens is 1. The van der Waals surface area contributed by atoms with Gasteiger partial charge in [0, 0.05) is 11.6 Å². The minimum Gasteiger partial charge on any atom is -0.322 e. The number of nitrogens with two attached hydrogens (primary N) is 1. The molecule has 2 nitrogen and oxygen atoms in total. The van der Waals surface area contributed by atoms with Gasteiger partial charge in [-0.25, -0.2) is 4.39 Å². The van der Waals surface area contributed by atoms with E-state index < -0.39 is 0 Å². The summed E-state index contributed by atoms with van der Waals surface area (Å²) >= 11 is 0. The maximum Gasteiger partial charge on any atom is 0.126 e. The van der Waals surface area contributed by atoms with Crippen LogP contribution in [0, 0.1) is 12.7 Å². The van der Waals surface area contributed by atoms with Crippen molar-refractivity contribution in [1.82, 2.24) is 4.90 Å². The summed E-state index contributed by atoms with van der Waals surface area (Å²) in [6, 6.07) is 5.18. The molecule has 1 aliphatic rings. The average molecular weight is 264 g/mol. The van der Waals surface area contributed by atoms with Crippen LogP contribution in [-0.4, -0.2) is 23.5 Å². The zero-order valence-electron chi connectivity index (χ0n) is 12.2. The van der Waals surface area contributed by atoms with E-state index in [1.807, 2.05) is 12.1 Å². The molecule has 1 aliphatic heterocycles. The van der Waals surface area contributed by atoms with Crippen molar-refractivity contribution in [1.29, 1.82) is 0 Å². The topological polar surface area (TPSA) is 29.3 Å². The van der Waals surface area contributed by atoms with Crippen molar-refractivity contribution < 1.29 is 4.39 Å². The number of nitrogens with zero attached hydrogens (tertiary/aromatic N) is 1. The van der Waals surface area contributed by atoms with Gasteiger partial charge < -0.3 is 5.73 Å². The van der Waals surface area contributed by atoms with E-state index >= 15 is 0 Å². The lowest BCUT2D eigenvalue weighted by molar-refractivity contribution is 0.0999. The molecular weight excluding hydrogens is 239 g/mol. The molecule has 0 aromatic heterocycles. The molecule has 1 aromatic carbocycles. The Morgan fingerprint density at radius 3 is 2.53 bits per heavy atom. The maximum absolute atomic E-state index is 13.4. The minimum absolute atomic E-state index is 0.0409. The van der Waals surface area contributed by atoms with E-state index in [4.69, 9.17) is 5.73 Å². The summed E-state index contributed by atoms with van der Waals surface area (Å²) in [5, 5.41) is 0. The highest BCUT2D eigenvalue weighted by molar-refractivity contribution is 5.28. The van der Waals surface area contributed by atoms with Gasteiger partial charge in [-0.1, -0.05) is 19.1 Å². The lowest BCUT2D eigenvalue weighted by atomic mass is 9.83. The van der Waals surface area contributed by atoms with Crippen molar-refractivity contribution in [2.24, 2.45) is 5.73 Å². The third-order valence-corrected chi connectivity index (χ3v) is 4.76. The SMILES string of the molecule is CCC(C)(C(N)c1ccc(F)c(C)c1)N1CCCC1. The summed E-state index contributed by atoms with van der Waals surface area (Å²) in [5.74, 6) is -0.157. The van der Waals surface area contributed by atoms with Crippen molar-refractivity contribution in [3.05, 3.63) is 35.1 Å². The second kappa shape index (κ2) is 5.59. The molecule has 0 saturated carbocycles. The number of hydrogen-bond donors (Lipinski definition) is 1. The molecule has 0 bridgehead atoms. The van der Waals surface area contributed by atoms with Crippen LogP contribution >= 0.6 is 0 Å². The highest BCUT2D eigenvalue weighted by Gasteiger charge is 2.38. The Morgan fingerprint density at radius 1 is 1.37 bits per heavy atom. The standard InChI is InChI=1S/C16H25FN2/c1-4-16(3,19-9-5-6-10-19)15(18)13-7-8-14(17)12(2)11-13/h7-8,11,15H,4-6,9-10,18H2,1-3H3. The first-order chi connectivity index (χ1) is 8.99. The first kappa shape index (κ1) is 14.5. The number of benzene rings is 1. The van der Waals surface area contributed by atoms with Crippen molar-refractivity contribution in [3.63, 3.8) is 0 Å². The highest BCUT2D eigenvalue weighted by atomic mass is 19.1. The monoisotopic (exact) mass is 264 g/mol. The van der Waals surface area contributed by atoms with Crippen LogP contribution in [0.2, 0.25) is 0 Å². The molecule has 2 unspecified atom stereocenters. The van der Waals surface area contributed by atoms with E-state index in [0.29, 0.717) is 5.56 Å². The Balaban J connectivity index is 2.28. The fourth-order valence-electron chi connectivity index (χ4n) is 3.09. The Hall–Kier alpha value is -0.930. The molecule has 1 heterocycles. The minimum atomic E-state index is -0.157. The first-order valence-electron chi connectivity index (χ1n) is 7.25. The summed E-state index contributed by atoms with van der Waals surface area (Å²) in [5.41, 5.74) is 8.19. The van der Waals surface area contributed by atoms with E-state index in [1.54, 1.807) is 6.92 Å². The van der Waals surface area contributed by atoms with Gasteiger partial charge in [0.15, 0.2) is 0 Å². The molecule has 3 heteroatoms. The molecule has 0 aliphatic carbocycles.